The first-order valence-corrected chi connectivity index (χ1v) is 17.6. The number of benzene rings is 4. The Kier molecular flexibility index (Phi) is 13.1. The zero-order valence-electron chi connectivity index (χ0n) is 30.6. The van der Waals surface area contributed by atoms with Crippen LogP contribution in [0.3, 0.4) is 0 Å². The van der Waals surface area contributed by atoms with Crippen molar-refractivity contribution in [3.05, 3.63) is 157 Å². The molecule has 0 spiro atoms. The SMILES string of the molecule is C=CC(=O)Oc1ccc(OC(=O)/C=C/c2ccc(C(=O)O[C@H]3CO[C@H]4C3OC[C@H]4OC(=O)c3ccc(/C=C/C(=O)Oc4ccc(OC(=O)C=C)cc4)cc3)cc2)cc1. The van der Waals surface area contributed by atoms with Crippen LogP contribution < -0.4 is 18.9 Å². The molecule has 0 amide bonds. The van der Waals surface area contributed by atoms with E-state index in [4.69, 9.17) is 37.9 Å². The summed E-state index contributed by atoms with van der Waals surface area (Å²) in [5.74, 6) is -2.69. The summed E-state index contributed by atoms with van der Waals surface area (Å²) in [6.07, 6.45) is 4.78. The minimum Gasteiger partial charge on any atom is -0.453 e. The second kappa shape index (κ2) is 18.9. The summed E-state index contributed by atoms with van der Waals surface area (Å²) < 4.78 is 43.5. The van der Waals surface area contributed by atoms with Crippen molar-refractivity contribution in [2.24, 2.45) is 0 Å². The molecule has 2 aliphatic rings. The van der Waals surface area contributed by atoms with Gasteiger partial charge in [0, 0.05) is 24.3 Å². The maximum absolute atomic E-state index is 13.0. The number of fused-ring (bicyclic) bond motifs is 1. The third-order valence-corrected chi connectivity index (χ3v) is 8.45. The van der Waals surface area contributed by atoms with Crippen LogP contribution in [0.1, 0.15) is 31.8 Å². The molecule has 58 heavy (non-hydrogen) atoms. The fourth-order valence-electron chi connectivity index (χ4n) is 5.60. The number of hydrogen-bond donors (Lipinski definition) is 0. The zero-order valence-corrected chi connectivity index (χ0v) is 30.6. The van der Waals surface area contributed by atoms with Crippen LogP contribution in [-0.2, 0) is 38.1 Å². The van der Waals surface area contributed by atoms with Crippen LogP contribution in [0.2, 0.25) is 0 Å². The van der Waals surface area contributed by atoms with Gasteiger partial charge >= 0.3 is 35.8 Å². The molecule has 294 valence electrons. The van der Waals surface area contributed by atoms with Gasteiger partial charge < -0.3 is 37.9 Å². The van der Waals surface area contributed by atoms with Gasteiger partial charge in [-0.15, -0.1) is 0 Å². The lowest BCUT2D eigenvalue weighted by molar-refractivity contribution is -0.130. The van der Waals surface area contributed by atoms with Crippen LogP contribution in [0.25, 0.3) is 12.2 Å². The molecule has 4 aromatic rings. The molecule has 1 unspecified atom stereocenters. The predicted molar refractivity (Wildman–Crippen MR) is 205 cm³/mol. The molecule has 0 saturated carbocycles. The van der Waals surface area contributed by atoms with Gasteiger partial charge in [-0.25, -0.2) is 28.8 Å². The lowest BCUT2D eigenvalue weighted by Crippen LogP contribution is -2.36. The van der Waals surface area contributed by atoms with Crippen molar-refractivity contribution < 1.29 is 66.7 Å². The van der Waals surface area contributed by atoms with Crippen LogP contribution in [0, 0.1) is 0 Å². The van der Waals surface area contributed by atoms with Crippen LogP contribution in [0.15, 0.2) is 135 Å². The summed E-state index contributed by atoms with van der Waals surface area (Å²) in [4.78, 5) is 73.1. The van der Waals surface area contributed by atoms with Gasteiger partial charge in [0.15, 0.2) is 12.2 Å². The molecule has 2 fully saturated rings. The highest BCUT2D eigenvalue weighted by molar-refractivity contribution is 5.92. The largest absolute Gasteiger partial charge is 0.453 e. The fraction of sp³-hybridized carbons (Fsp3) is 0.136. The van der Waals surface area contributed by atoms with E-state index in [0.717, 1.165) is 12.2 Å². The first kappa shape index (κ1) is 40.2. The van der Waals surface area contributed by atoms with Gasteiger partial charge in [-0.3, -0.25) is 0 Å². The normalized spacial score (nSPS) is 18.1. The number of rotatable bonds is 14. The van der Waals surface area contributed by atoms with Crippen LogP contribution in [0.4, 0.5) is 0 Å². The molecule has 0 aliphatic carbocycles. The standard InChI is InChI=1S/C44H34O14/c1-3-37(45)53-31-15-19-33(20-16-31)55-39(47)23-9-27-5-11-29(12-6-27)43(49)57-35-25-51-42-36(26-52-41(35)42)58-44(50)30-13-7-28(8-14-30)10-24-40(48)56-34-21-17-32(18-22-34)54-38(46)4-2/h3-24,35-36,41-42H,1-2,25-26H2/b23-9+,24-10+/t35-,36+,41-,42?/m1/s1. The fourth-order valence-corrected chi connectivity index (χ4v) is 5.60. The summed E-state index contributed by atoms with van der Waals surface area (Å²) in [5.41, 5.74) is 1.76. The summed E-state index contributed by atoms with van der Waals surface area (Å²) in [6.45, 7) is 6.74. The monoisotopic (exact) mass is 786 g/mol. The number of carbonyl (C=O) groups excluding carboxylic acids is 6. The highest BCUT2D eigenvalue weighted by Crippen LogP contribution is 2.32. The summed E-state index contributed by atoms with van der Waals surface area (Å²) in [6, 6.07) is 24.5. The lowest BCUT2D eigenvalue weighted by atomic mass is 10.1. The van der Waals surface area contributed by atoms with Crippen molar-refractivity contribution in [3.8, 4) is 23.0 Å². The van der Waals surface area contributed by atoms with E-state index in [9.17, 15) is 28.8 Å². The minimum absolute atomic E-state index is 0.0423. The number of carbonyl (C=O) groups is 6. The molecule has 0 aromatic heterocycles. The summed E-state index contributed by atoms with van der Waals surface area (Å²) in [5, 5.41) is 0. The van der Waals surface area contributed by atoms with Crippen molar-refractivity contribution in [2.75, 3.05) is 13.2 Å². The Labute approximate surface area is 331 Å². The molecule has 6 rings (SSSR count). The van der Waals surface area contributed by atoms with Crippen LogP contribution in [-0.4, -0.2) is 73.4 Å². The first-order chi connectivity index (χ1) is 28.1. The average molecular weight is 787 g/mol. The molecule has 14 nitrogen and oxygen atoms in total. The van der Waals surface area contributed by atoms with Crippen molar-refractivity contribution in [2.45, 2.75) is 24.4 Å². The molecule has 4 atom stereocenters. The van der Waals surface area contributed by atoms with Gasteiger partial charge in [-0.2, -0.15) is 0 Å². The van der Waals surface area contributed by atoms with Crippen LogP contribution >= 0.6 is 0 Å². The number of esters is 6. The smallest absolute Gasteiger partial charge is 0.338 e. The average Bonchev–Trinajstić information content (AvgIpc) is 3.83. The molecular weight excluding hydrogens is 752 g/mol. The third kappa shape index (κ3) is 10.9. The Hall–Kier alpha value is -7.42. The predicted octanol–water partition coefficient (Wildman–Crippen LogP) is 5.66. The van der Waals surface area contributed by atoms with Crippen molar-refractivity contribution in [3.63, 3.8) is 0 Å². The molecule has 0 radical (unpaired) electrons. The topological polar surface area (TPSA) is 176 Å². The minimum atomic E-state index is -0.738. The Bertz CT molecular complexity index is 2080. The lowest BCUT2D eigenvalue weighted by Gasteiger charge is -2.17. The van der Waals surface area contributed by atoms with E-state index in [2.05, 4.69) is 13.2 Å². The molecule has 0 bridgehead atoms. The molecule has 4 aromatic carbocycles. The van der Waals surface area contributed by atoms with E-state index in [-0.39, 0.29) is 47.3 Å². The first-order valence-electron chi connectivity index (χ1n) is 17.6. The highest BCUT2D eigenvalue weighted by atomic mass is 16.7. The van der Waals surface area contributed by atoms with Gasteiger partial charge in [0.25, 0.3) is 0 Å². The molecule has 2 aliphatic heterocycles. The van der Waals surface area contributed by atoms with Gasteiger partial charge in [0.05, 0.1) is 24.3 Å². The number of ether oxygens (including phenoxy) is 8. The van der Waals surface area contributed by atoms with E-state index in [1.807, 2.05) is 0 Å². The van der Waals surface area contributed by atoms with Gasteiger partial charge in [0.1, 0.15) is 35.2 Å². The Morgan fingerprint density at radius 2 is 0.776 bits per heavy atom. The van der Waals surface area contributed by atoms with Crippen LogP contribution in [0.5, 0.6) is 23.0 Å². The molecular formula is C44H34O14. The summed E-state index contributed by atoms with van der Waals surface area (Å²) >= 11 is 0. The Morgan fingerprint density at radius 1 is 0.466 bits per heavy atom. The molecule has 2 heterocycles. The second-order valence-electron chi connectivity index (χ2n) is 12.4. The maximum atomic E-state index is 13.0. The number of hydrogen-bond acceptors (Lipinski definition) is 14. The zero-order chi connectivity index (χ0) is 41.0. The quantitative estimate of drug-likeness (QED) is 0.0870. The maximum Gasteiger partial charge on any atom is 0.338 e. The van der Waals surface area contributed by atoms with Crippen molar-refractivity contribution >= 4 is 48.0 Å². The van der Waals surface area contributed by atoms with E-state index >= 15 is 0 Å². The van der Waals surface area contributed by atoms with E-state index in [1.165, 1.54) is 72.8 Å². The second-order valence-corrected chi connectivity index (χ2v) is 12.4. The highest BCUT2D eigenvalue weighted by Gasteiger charge is 2.51. The Balaban J connectivity index is 0.929. The van der Waals surface area contributed by atoms with Gasteiger partial charge in [0.2, 0.25) is 0 Å². The van der Waals surface area contributed by atoms with E-state index in [1.54, 1.807) is 48.5 Å². The van der Waals surface area contributed by atoms with Gasteiger partial charge in [-0.05, 0) is 96.1 Å². The molecule has 14 heteroatoms. The summed E-state index contributed by atoms with van der Waals surface area (Å²) in [7, 11) is 0. The van der Waals surface area contributed by atoms with E-state index in [0.29, 0.717) is 11.1 Å². The van der Waals surface area contributed by atoms with Gasteiger partial charge in [-0.1, -0.05) is 37.4 Å². The van der Waals surface area contributed by atoms with Crippen molar-refractivity contribution in [1.29, 1.82) is 0 Å². The molecule has 2 saturated heterocycles. The molecule has 0 N–H and O–H groups in total. The van der Waals surface area contributed by atoms with Crippen molar-refractivity contribution in [1.82, 2.24) is 0 Å². The third-order valence-electron chi connectivity index (χ3n) is 8.45. The Morgan fingerprint density at radius 3 is 1.09 bits per heavy atom. The van der Waals surface area contributed by atoms with E-state index < -0.39 is 60.2 Å².